The second-order valence-electron chi connectivity index (χ2n) is 4.93. The van der Waals surface area contributed by atoms with E-state index in [2.05, 4.69) is 38.4 Å². The Balaban J connectivity index is 2.35. The molecule has 14 heteroatoms. The fraction of sp³-hybridized carbons (Fsp3) is 0.308. The molecule has 0 aliphatic heterocycles. The van der Waals surface area contributed by atoms with Gasteiger partial charge in [0.1, 0.15) is 5.75 Å². The highest BCUT2D eigenvalue weighted by atomic mass is 32.1. The van der Waals surface area contributed by atoms with Crippen LogP contribution in [0.25, 0.3) is 0 Å². The molecule has 0 radical (unpaired) electrons. The number of aliphatic hydroxyl groups is 1. The Hall–Kier alpha value is -2.31. The molecule has 0 saturated heterocycles. The zero-order valence-corrected chi connectivity index (χ0v) is 15.6. The molecule has 0 bridgehead atoms. The van der Waals surface area contributed by atoms with E-state index in [1.807, 2.05) is 0 Å². The van der Waals surface area contributed by atoms with E-state index in [1.165, 1.54) is 24.3 Å². The van der Waals surface area contributed by atoms with Gasteiger partial charge in [0.2, 0.25) is 24.1 Å². The van der Waals surface area contributed by atoms with Gasteiger partial charge in [-0.3, -0.25) is 24.2 Å². The molecule has 0 aromatic heterocycles. The van der Waals surface area contributed by atoms with E-state index >= 15 is 0 Å². The van der Waals surface area contributed by atoms with E-state index < -0.39 is 38.4 Å². The Labute approximate surface area is 159 Å². The van der Waals surface area contributed by atoms with Crippen molar-refractivity contribution in [3.05, 3.63) is 24.3 Å². The van der Waals surface area contributed by atoms with Crippen LogP contribution in [0.4, 0.5) is 5.69 Å². The van der Waals surface area contributed by atoms with E-state index in [9.17, 15) is 24.1 Å². The number of hydrogen-bond donors (Lipinski definition) is 8. The van der Waals surface area contributed by atoms with Crippen molar-refractivity contribution in [3.63, 3.8) is 0 Å². The van der Waals surface area contributed by atoms with Crippen LogP contribution in [0, 0.1) is 0 Å². The molecular formula is C13H19N4O8PS. The van der Waals surface area contributed by atoms with Gasteiger partial charge < -0.3 is 30.9 Å². The van der Waals surface area contributed by atoms with Crippen molar-refractivity contribution in [2.75, 3.05) is 24.2 Å². The Morgan fingerprint density at radius 1 is 1.04 bits per heavy atom. The predicted molar refractivity (Wildman–Crippen MR) is 96.8 cm³/mol. The molecule has 1 unspecified atom stereocenters. The van der Waals surface area contributed by atoms with Gasteiger partial charge in [0.05, 0.1) is 18.8 Å². The van der Waals surface area contributed by atoms with Crippen LogP contribution in [0.5, 0.6) is 5.75 Å². The van der Waals surface area contributed by atoms with E-state index in [4.69, 9.17) is 9.79 Å². The van der Waals surface area contributed by atoms with Crippen molar-refractivity contribution in [2.45, 2.75) is 6.35 Å². The Kier molecular flexibility index (Phi) is 9.05. The lowest BCUT2D eigenvalue weighted by Gasteiger charge is -2.16. The van der Waals surface area contributed by atoms with Crippen molar-refractivity contribution in [3.8, 4) is 5.75 Å². The summed E-state index contributed by atoms with van der Waals surface area (Å²) in [4.78, 5) is 51.3. The number of rotatable bonds is 10. The molecule has 0 fully saturated rings. The highest BCUT2D eigenvalue weighted by Gasteiger charge is 2.16. The maximum atomic E-state index is 11.6. The molecule has 1 aromatic rings. The minimum atomic E-state index is -4.67. The zero-order chi connectivity index (χ0) is 20.4. The van der Waals surface area contributed by atoms with E-state index in [1.54, 1.807) is 0 Å². The number of nitrogens with one attached hydrogen (secondary N) is 4. The number of phosphoric acid groups is 1. The SMILES string of the molecule is O=C(CS)NCC(=O)NCC(=O)NC(O)Nc1ccc(OP(=O)(O)O)cc1. The lowest BCUT2D eigenvalue weighted by Crippen LogP contribution is -2.46. The van der Waals surface area contributed by atoms with Gasteiger partial charge in [-0.15, -0.1) is 0 Å². The third-order valence-electron chi connectivity index (χ3n) is 2.72. The molecule has 0 saturated carbocycles. The molecule has 0 heterocycles. The van der Waals surface area contributed by atoms with Crippen molar-refractivity contribution in [1.29, 1.82) is 0 Å². The lowest BCUT2D eigenvalue weighted by atomic mass is 10.3. The Bertz CT molecular complexity index is 711. The van der Waals surface area contributed by atoms with Crippen LogP contribution in [0.15, 0.2) is 24.3 Å². The molecule has 0 aliphatic rings. The summed E-state index contributed by atoms with van der Waals surface area (Å²) in [6, 6.07) is 5.20. The summed E-state index contributed by atoms with van der Waals surface area (Å²) in [6.07, 6.45) is -1.49. The molecule has 7 N–H and O–H groups in total. The van der Waals surface area contributed by atoms with Crippen LogP contribution >= 0.6 is 20.5 Å². The highest BCUT2D eigenvalue weighted by Crippen LogP contribution is 2.37. The smallest absolute Gasteiger partial charge is 0.404 e. The summed E-state index contributed by atoms with van der Waals surface area (Å²) in [5, 5.41) is 18.9. The van der Waals surface area contributed by atoms with Crippen molar-refractivity contribution in [1.82, 2.24) is 16.0 Å². The van der Waals surface area contributed by atoms with Gasteiger partial charge in [0.25, 0.3) is 0 Å². The summed E-state index contributed by atoms with van der Waals surface area (Å²) in [7, 11) is -4.67. The van der Waals surface area contributed by atoms with Crippen LogP contribution in [-0.2, 0) is 18.9 Å². The number of benzene rings is 1. The molecule has 27 heavy (non-hydrogen) atoms. The van der Waals surface area contributed by atoms with Crippen molar-refractivity contribution < 1.29 is 38.4 Å². The summed E-state index contributed by atoms with van der Waals surface area (Å²) in [5.41, 5.74) is 0.319. The molecule has 0 aliphatic carbocycles. The first-order valence-electron chi connectivity index (χ1n) is 7.32. The van der Waals surface area contributed by atoms with Gasteiger partial charge in [-0.05, 0) is 24.3 Å². The van der Waals surface area contributed by atoms with Gasteiger partial charge in [0, 0.05) is 5.69 Å². The topological polar surface area (TPSA) is 186 Å². The first-order valence-corrected chi connectivity index (χ1v) is 9.49. The lowest BCUT2D eigenvalue weighted by molar-refractivity contribution is -0.128. The number of carbonyl (C=O) groups excluding carboxylic acids is 3. The van der Waals surface area contributed by atoms with Gasteiger partial charge >= 0.3 is 7.82 Å². The summed E-state index contributed by atoms with van der Waals surface area (Å²) < 4.78 is 15.1. The minimum Gasteiger partial charge on any atom is -0.404 e. The van der Waals surface area contributed by atoms with E-state index in [-0.39, 0.29) is 18.0 Å². The minimum absolute atomic E-state index is 0.0714. The maximum Gasteiger partial charge on any atom is 0.524 e. The molecule has 1 atom stereocenters. The number of phosphoric ester groups is 1. The molecule has 12 nitrogen and oxygen atoms in total. The van der Waals surface area contributed by atoms with Crippen LogP contribution in [0.3, 0.4) is 0 Å². The number of carbonyl (C=O) groups is 3. The second-order valence-corrected chi connectivity index (χ2v) is 6.41. The average Bonchev–Trinajstić information content (AvgIpc) is 2.58. The number of thiol groups is 1. The van der Waals surface area contributed by atoms with Crippen molar-refractivity contribution >= 4 is 43.9 Å². The zero-order valence-electron chi connectivity index (χ0n) is 13.8. The number of aliphatic hydroxyl groups excluding tert-OH is 1. The van der Waals surface area contributed by atoms with Crippen LogP contribution < -0.4 is 25.8 Å². The Morgan fingerprint density at radius 2 is 1.59 bits per heavy atom. The third-order valence-corrected chi connectivity index (χ3v) is 3.45. The van der Waals surface area contributed by atoms with Gasteiger partial charge in [-0.2, -0.15) is 12.6 Å². The van der Waals surface area contributed by atoms with Crippen LogP contribution in [0.1, 0.15) is 0 Å². The average molecular weight is 422 g/mol. The molecule has 0 spiro atoms. The van der Waals surface area contributed by atoms with Gasteiger partial charge in [0.15, 0.2) is 0 Å². The van der Waals surface area contributed by atoms with Crippen molar-refractivity contribution in [2.24, 2.45) is 0 Å². The number of anilines is 1. The monoisotopic (exact) mass is 422 g/mol. The first kappa shape index (κ1) is 22.7. The van der Waals surface area contributed by atoms with Crippen LogP contribution in [0.2, 0.25) is 0 Å². The second kappa shape index (κ2) is 10.7. The quantitative estimate of drug-likeness (QED) is 0.121. The summed E-state index contributed by atoms with van der Waals surface area (Å²) in [6.45, 7) is -0.736. The van der Waals surface area contributed by atoms with Gasteiger partial charge in [-0.1, -0.05) is 0 Å². The largest absolute Gasteiger partial charge is 0.524 e. The maximum absolute atomic E-state index is 11.6. The van der Waals surface area contributed by atoms with E-state index in [0.29, 0.717) is 5.69 Å². The summed E-state index contributed by atoms with van der Waals surface area (Å²) in [5.74, 6) is -1.89. The first-order chi connectivity index (χ1) is 12.6. The fourth-order valence-electron chi connectivity index (χ4n) is 1.62. The summed E-state index contributed by atoms with van der Waals surface area (Å²) >= 11 is 3.72. The standard InChI is InChI=1S/C13H19N4O8PS/c18-10(5-15-12(20)7-27)14-6-11(19)17-13(21)16-8-1-3-9(4-2-8)25-26(22,23)24/h1-4,13,16,21,27H,5-7H2,(H,14,18)(H,15,20)(H,17,19)(H2,22,23,24). The fourth-order valence-corrected chi connectivity index (χ4v) is 2.13. The molecule has 1 aromatic carbocycles. The molecule has 1 rings (SSSR count). The third kappa shape index (κ3) is 10.4. The molecule has 150 valence electrons. The van der Waals surface area contributed by atoms with Gasteiger partial charge in [-0.25, -0.2) is 4.57 Å². The molecular weight excluding hydrogens is 403 g/mol. The predicted octanol–water partition coefficient (Wildman–Crippen LogP) is -1.88. The molecule has 3 amide bonds. The number of amides is 3. The van der Waals surface area contributed by atoms with E-state index in [0.717, 1.165) is 0 Å². The normalized spacial score (nSPS) is 11.9. The highest BCUT2D eigenvalue weighted by molar-refractivity contribution is 7.81. The Morgan fingerprint density at radius 3 is 2.15 bits per heavy atom. The number of hydrogen-bond acceptors (Lipinski definition) is 8. The van der Waals surface area contributed by atoms with Crippen LogP contribution in [-0.4, -0.2) is 57.8 Å².